The molecule has 1 saturated heterocycles. The Labute approximate surface area is 144 Å². The molecule has 1 fully saturated rings. The first-order valence-corrected chi connectivity index (χ1v) is 10.0. The molecule has 0 bridgehead atoms. The summed E-state index contributed by atoms with van der Waals surface area (Å²) in [5.74, 6) is 2.27. The minimum absolute atomic E-state index is 0.190. The first-order chi connectivity index (χ1) is 11.4. The van der Waals surface area contributed by atoms with Crippen LogP contribution in [0.1, 0.15) is 6.92 Å². The number of hydrogen-bond acceptors (Lipinski definition) is 6. The molecule has 0 spiro atoms. The quantitative estimate of drug-likeness (QED) is 0.445. The number of thioether (sulfide) groups is 1. The molecule has 126 valence electrons. The summed E-state index contributed by atoms with van der Waals surface area (Å²) in [4.78, 5) is 11.2. The van der Waals surface area contributed by atoms with E-state index >= 15 is 0 Å². The number of ether oxygens (including phenoxy) is 2. The highest BCUT2D eigenvalue weighted by Crippen LogP contribution is 2.33. The monoisotopic (exact) mass is 364 g/mol. The van der Waals surface area contributed by atoms with E-state index in [0.717, 1.165) is 5.75 Å². The average Bonchev–Trinajstić information content (AvgIpc) is 3.33. The lowest BCUT2D eigenvalue weighted by atomic mass is 10.3. The molecule has 1 aliphatic rings. The van der Waals surface area contributed by atoms with Gasteiger partial charge in [-0.2, -0.15) is 11.8 Å². The highest BCUT2D eigenvalue weighted by Gasteiger charge is 2.29. The molecule has 2 aromatic carbocycles. The third kappa shape index (κ3) is 4.52. The molecule has 0 aliphatic carbocycles. The summed E-state index contributed by atoms with van der Waals surface area (Å²) in [7, 11) is -3.23. The Kier molecular flexibility index (Phi) is 4.82. The molecule has 0 saturated carbocycles. The molecule has 1 atom stereocenters. The second-order valence-corrected chi connectivity index (χ2v) is 8.74. The highest BCUT2D eigenvalue weighted by molar-refractivity contribution is 8.08. The summed E-state index contributed by atoms with van der Waals surface area (Å²) in [5, 5.41) is 0.238. The third-order valence-electron chi connectivity index (χ3n) is 3.31. The number of esters is 1. The lowest BCUT2D eigenvalue weighted by Crippen LogP contribution is -2.10. The summed E-state index contributed by atoms with van der Waals surface area (Å²) < 4.78 is 35.0. The Balaban J connectivity index is 1.66. The second kappa shape index (κ2) is 6.86. The van der Waals surface area contributed by atoms with Crippen molar-refractivity contribution in [2.75, 3.05) is 11.5 Å². The molecular weight excluding hydrogens is 348 g/mol. The molecule has 0 amide bonds. The minimum Gasteiger partial charge on any atom is -0.457 e. The summed E-state index contributed by atoms with van der Waals surface area (Å²) in [6.45, 7) is 1.34. The van der Waals surface area contributed by atoms with Crippen LogP contribution in [0.4, 0.5) is 0 Å². The van der Waals surface area contributed by atoms with Crippen molar-refractivity contribution in [2.45, 2.75) is 17.1 Å². The zero-order valence-corrected chi connectivity index (χ0v) is 14.6. The predicted octanol–water partition coefficient (Wildman–Crippen LogP) is 3.29. The van der Waals surface area contributed by atoms with Crippen molar-refractivity contribution in [3.8, 4) is 17.2 Å². The van der Waals surface area contributed by atoms with Crippen LogP contribution in [-0.2, 0) is 14.6 Å². The van der Waals surface area contributed by atoms with Gasteiger partial charge < -0.3 is 9.47 Å². The first-order valence-electron chi connectivity index (χ1n) is 7.33. The molecule has 0 aromatic heterocycles. The van der Waals surface area contributed by atoms with Crippen LogP contribution in [0.5, 0.6) is 17.2 Å². The molecule has 1 aliphatic heterocycles. The van der Waals surface area contributed by atoms with Crippen LogP contribution >= 0.6 is 11.8 Å². The van der Waals surface area contributed by atoms with Gasteiger partial charge in [0, 0.05) is 17.9 Å². The minimum atomic E-state index is -3.23. The van der Waals surface area contributed by atoms with E-state index in [1.54, 1.807) is 60.3 Å². The van der Waals surface area contributed by atoms with Crippen LogP contribution in [0.15, 0.2) is 53.4 Å². The second-order valence-electron chi connectivity index (χ2n) is 5.38. The maximum atomic E-state index is 12.2. The largest absolute Gasteiger partial charge is 0.457 e. The highest BCUT2D eigenvalue weighted by atomic mass is 32.2. The van der Waals surface area contributed by atoms with Gasteiger partial charge in [0.05, 0.1) is 10.6 Å². The van der Waals surface area contributed by atoms with Gasteiger partial charge in [0.25, 0.3) is 0 Å². The molecule has 0 radical (unpaired) electrons. The summed E-state index contributed by atoms with van der Waals surface area (Å²) >= 11 is 1.66. The number of carbonyl (C=O) groups excluding carboxylic acids is 1. The van der Waals surface area contributed by atoms with Crippen molar-refractivity contribution in [1.82, 2.24) is 0 Å². The van der Waals surface area contributed by atoms with Crippen LogP contribution < -0.4 is 9.47 Å². The summed E-state index contributed by atoms with van der Waals surface area (Å²) in [5.41, 5.74) is 0. The van der Waals surface area contributed by atoms with Gasteiger partial charge in [-0.3, -0.25) is 4.79 Å². The Morgan fingerprint density at radius 2 is 1.54 bits per heavy atom. The van der Waals surface area contributed by atoms with E-state index in [-0.39, 0.29) is 17.0 Å². The number of hydrogen-bond donors (Lipinski definition) is 0. The fourth-order valence-corrected chi connectivity index (χ4v) is 4.77. The maximum absolute atomic E-state index is 12.2. The number of carbonyl (C=O) groups is 1. The third-order valence-corrected chi connectivity index (χ3v) is 6.33. The number of rotatable bonds is 6. The van der Waals surface area contributed by atoms with Gasteiger partial charge in [-0.25, -0.2) is 8.42 Å². The van der Waals surface area contributed by atoms with Crippen molar-refractivity contribution in [1.29, 1.82) is 0 Å². The first kappa shape index (κ1) is 16.9. The van der Waals surface area contributed by atoms with Crippen LogP contribution in [0.3, 0.4) is 0 Å². The topological polar surface area (TPSA) is 69.7 Å². The lowest BCUT2D eigenvalue weighted by Gasteiger charge is -2.08. The van der Waals surface area contributed by atoms with Gasteiger partial charge in [-0.05, 0) is 48.5 Å². The van der Waals surface area contributed by atoms with E-state index in [2.05, 4.69) is 0 Å². The molecule has 2 aromatic rings. The molecule has 7 heteroatoms. The van der Waals surface area contributed by atoms with Gasteiger partial charge in [0.15, 0.2) is 9.84 Å². The standard InChI is InChI=1S/C17H16O5S2/c1-12(18)21-13-2-4-14(5-3-13)22-15-6-8-17(9-7-15)24(19,20)11-16-10-23-16/h2-9,16H,10-11H2,1H3. The molecule has 3 rings (SSSR count). The fraction of sp³-hybridized carbons (Fsp3) is 0.235. The molecule has 0 N–H and O–H groups in total. The van der Waals surface area contributed by atoms with Crippen molar-refractivity contribution >= 4 is 27.6 Å². The Morgan fingerprint density at radius 3 is 2.04 bits per heavy atom. The smallest absolute Gasteiger partial charge is 0.308 e. The zero-order valence-electron chi connectivity index (χ0n) is 13.0. The number of benzene rings is 2. The van der Waals surface area contributed by atoms with Crippen molar-refractivity contribution in [3.05, 3.63) is 48.5 Å². The normalized spacial score (nSPS) is 16.5. The summed E-state index contributed by atoms with van der Waals surface area (Å²) in [6.07, 6.45) is 0. The molecule has 24 heavy (non-hydrogen) atoms. The van der Waals surface area contributed by atoms with Gasteiger partial charge >= 0.3 is 5.97 Å². The van der Waals surface area contributed by atoms with E-state index in [9.17, 15) is 13.2 Å². The Bertz CT molecular complexity index is 822. The van der Waals surface area contributed by atoms with Crippen LogP contribution in [0, 0.1) is 0 Å². The zero-order chi connectivity index (χ0) is 17.2. The van der Waals surface area contributed by atoms with Crippen molar-refractivity contribution in [2.24, 2.45) is 0 Å². The summed E-state index contributed by atoms with van der Waals surface area (Å²) in [6, 6.07) is 13.0. The molecular formula is C17H16O5S2. The van der Waals surface area contributed by atoms with E-state index in [1.165, 1.54) is 6.92 Å². The van der Waals surface area contributed by atoms with E-state index in [1.807, 2.05) is 0 Å². The van der Waals surface area contributed by atoms with Crippen LogP contribution in [0.25, 0.3) is 0 Å². The van der Waals surface area contributed by atoms with E-state index in [4.69, 9.17) is 9.47 Å². The lowest BCUT2D eigenvalue weighted by molar-refractivity contribution is -0.131. The van der Waals surface area contributed by atoms with Crippen LogP contribution in [-0.4, -0.2) is 31.1 Å². The van der Waals surface area contributed by atoms with Gasteiger partial charge in [0.1, 0.15) is 17.2 Å². The van der Waals surface area contributed by atoms with Crippen LogP contribution in [0.2, 0.25) is 0 Å². The Hall–Kier alpha value is -1.99. The number of sulfone groups is 1. The van der Waals surface area contributed by atoms with E-state index < -0.39 is 9.84 Å². The van der Waals surface area contributed by atoms with E-state index in [0.29, 0.717) is 22.1 Å². The molecule has 1 heterocycles. The predicted molar refractivity (Wildman–Crippen MR) is 92.6 cm³/mol. The van der Waals surface area contributed by atoms with Gasteiger partial charge in [0.2, 0.25) is 0 Å². The SMILES string of the molecule is CC(=O)Oc1ccc(Oc2ccc(S(=O)(=O)CC3CS3)cc2)cc1. The average molecular weight is 364 g/mol. The molecule has 1 unspecified atom stereocenters. The van der Waals surface area contributed by atoms with Gasteiger partial charge in [-0.15, -0.1) is 0 Å². The van der Waals surface area contributed by atoms with Crippen molar-refractivity contribution < 1.29 is 22.7 Å². The molecule has 5 nitrogen and oxygen atoms in total. The van der Waals surface area contributed by atoms with Crippen molar-refractivity contribution in [3.63, 3.8) is 0 Å². The Morgan fingerprint density at radius 1 is 1.04 bits per heavy atom. The fourth-order valence-electron chi connectivity index (χ4n) is 2.10. The van der Waals surface area contributed by atoms with Gasteiger partial charge in [-0.1, -0.05) is 0 Å². The maximum Gasteiger partial charge on any atom is 0.308 e.